The maximum Gasteiger partial charge on any atom is 0.267 e. The van der Waals surface area contributed by atoms with Gasteiger partial charge in [0.05, 0.1) is 5.69 Å². The number of rotatable bonds is 4. The lowest BCUT2D eigenvalue weighted by atomic mass is 10.1. The van der Waals surface area contributed by atoms with Gasteiger partial charge in [0, 0.05) is 27.9 Å². The second-order valence-corrected chi connectivity index (χ2v) is 7.05. The van der Waals surface area contributed by atoms with Crippen LogP contribution in [0.3, 0.4) is 0 Å². The number of hydrogen-bond acceptors (Lipinski definition) is 5. The molecule has 0 saturated heterocycles. The van der Waals surface area contributed by atoms with Crippen molar-refractivity contribution < 1.29 is 14.3 Å². The summed E-state index contributed by atoms with van der Waals surface area (Å²) in [6.07, 6.45) is 0. The van der Waals surface area contributed by atoms with Crippen LogP contribution in [0.25, 0.3) is 11.3 Å². The van der Waals surface area contributed by atoms with E-state index in [2.05, 4.69) is 26.3 Å². The number of anilines is 1. The maximum absolute atomic E-state index is 12.4. The van der Waals surface area contributed by atoms with Crippen molar-refractivity contribution >= 4 is 27.5 Å². The fraction of sp³-hybridized carbons (Fsp3) is 0.150. The summed E-state index contributed by atoms with van der Waals surface area (Å²) >= 11 is 3.42. The number of carbonyl (C=O) groups is 1. The van der Waals surface area contributed by atoms with E-state index in [1.165, 1.54) is 6.07 Å². The molecule has 2 aromatic carbocycles. The van der Waals surface area contributed by atoms with Crippen molar-refractivity contribution in [2.75, 3.05) is 18.5 Å². The third kappa shape index (κ3) is 4.07. The van der Waals surface area contributed by atoms with Gasteiger partial charge in [0.25, 0.3) is 5.56 Å². The van der Waals surface area contributed by atoms with Crippen LogP contribution in [0.4, 0.5) is 5.69 Å². The SMILES string of the molecule is O=C(Cn1nc(-c2cccc(Br)c2)ccc1=O)Nc1ccc2c(c1)OCCO2. The number of halogens is 1. The molecule has 4 rings (SSSR count). The largest absolute Gasteiger partial charge is 0.486 e. The zero-order chi connectivity index (χ0) is 19.5. The highest BCUT2D eigenvalue weighted by molar-refractivity contribution is 9.10. The number of aromatic nitrogens is 2. The monoisotopic (exact) mass is 441 g/mol. The minimum atomic E-state index is -0.363. The third-order valence-electron chi connectivity index (χ3n) is 4.11. The van der Waals surface area contributed by atoms with Gasteiger partial charge >= 0.3 is 0 Å². The molecule has 3 aromatic rings. The first-order valence-electron chi connectivity index (χ1n) is 8.62. The molecule has 1 amide bonds. The quantitative estimate of drug-likeness (QED) is 0.672. The van der Waals surface area contributed by atoms with Gasteiger partial charge in [0.2, 0.25) is 5.91 Å². The average Bonchev–Trinajstić information content (AvgIpc) is 2.69. The molecule has 142 valence electrons. The van der Waals surface area contributed by atoms with Gasteiger partial charge in [-0.25, -0.2) is 4.68 Å². The van der Waals surface area contributed by atoms with E-state index in [1.807, 2.05) is 24.3 Å². The second kappa shape index (κ2) is 7.85. The molecule has 1 aliphatic rings. The Labute approximate surface area is 169 Å². The van der Waals surface area contributed by atoms with Gasteiger partial charge in [-0.3, -0.25) is 9.59 Å². The van der Waals surface area contributed by atoms with Crippen molar-refractivity contribution in [2.24, 2.45) is 0 Å². The second-order valence-electron chi connectivity index (χ2n) is 6.13. The molecule has 1 N–H and O–H groups in total. The first kappa shape index (κ1) is 18.2. The highest BCUT2D eigenvalue weighted by Gasteiger charge is 2.14. The van der Waals surface area contributed by atoms with Gasteiger partial charge in [-0.2, -0.15) is 5.10 Å². The number of amides is 1. The first-order valence-corrected chi connectivity index (χ1v) is 9.41. The van der Waals surface area contributed by atoms with Crippen molar-refractivity contribution in [1.82, 2.24) is 9.78 Å². The third-order valence-corrected chi connectivity index (χ3v) is 4.60. The summed E-state index contributed by atoms with van der Waals surface area (Å²) in [6.45, 7) is 0.767. The van der Waals surface area contributed by atoms with E-state index in [1.54, 1.807) is 24.3 Å². The summed E-state index contributed by atoms with van der Waals surface area (Å²) in [6, 6.07) is 15.8. The lowest BCUT2D eigenvalue weighted by molar-refractivity contribution is -0.117. The Morgan fingerprint density at radius 1 is 1.07 bits per heavy atom. The van der Waals surface area contributed by atoms with Gasteiger partial charge in [-0.05, 0) is 30.3 Å². The molecule has 0 bridgehead atoms. The van der Waals surface area contributed by atoms with Gasteiger partial charge in [-0.15, -0.1) is 0 Å². The maximum atomic E-state index is 12.4. The molecular weight excluding hydrogens is 426 g/mol. The molecule has 0 radical (unpaired) electrons. The highest BCUT2D eigenvalue weighted by Crippen LogP contribution is 2.32. The number of fused-ring (bicyclic) bond motifs is 1. The number of nitrogens with zero attached hydrogens (tertiary/aromatic N) is 2. The van der Waals surface area contributed by atoms with Crippen molar-refractivity contribution in [1.29, 1.82) is 0 Å². The smallest absolute Gasteiger partial charge is 0.267 e. The number of hydrogen-bond donors (Lipinski definition) is 1. The van der Waals surface area contributed by atoms with E-state index >= 15 is 0 Å². The number of carbonyl (C=O) groups excluding carboxylic acids is 1. The van der Waals surface area contributed by atoms with Crippen molar-refractivity contribution in [3.05, 3.63) is 69.4 Å². The van der Waals surface area contributed by atoms with Gasteiger partial charge < -0.3 is 14.8 Å². The summed E-state index contributed by atoms with van der Waals surface area (Å²) < 4.78 is 13.0. The molecule has 28 heavy (non-hydrogen) atoms. The Morgan fingerprint density at radius 3 is 2.71 bits per heavy atom. The zero-order valence-electron chi connectivity index (χ0n) is 14.7. The minimum Gasteiger partial charge on any atom is -0.486 e. The van der Waals surface area contributed by atoms with Crippen LogP contribution < -0.4 is 20.3 Å². The van der Waals surface area contributed by atoms with Gasteiger partial charge in [-0.1, -0.05) is 28.1 Å². The van der Waals surface area contributed by atoms with E-state index in [0.717, 1.165) is 14.7 Å². The summed E-state index contributed by atoms with van der Waals surface area (Å²) in [7, 11) is 0. The topological polar surface area (TPSA) is 82.5 Å². The Morgan fingerprint density at radius 2 is 1.89 bits per heavy atom. The summed E-state index contributed by atoms with van der Waals surface area (Å²) in [5.41, 5.74) is 1.66. The summed E-state index contributed by atoms with van der Waals surface area (Å²) in [4.78, 5) is 24.5. The minimum absolute atomic E-state index is 0.199. The van der Waals surface area contributed by atoms with Crippen LogP contribution in [-0.4, -0.2) is 28.9 Å². The van der Waals surface area contributed by atoms with Gasteiger partial charge in [0.1, 0.15) is 19.8 Å². The molecular formula is C20H16BrN3O4. The van der Waals surface area contributed by atoms with E-state index in [4.69, 9.17) is 9.47 Å². The Kier molecular flexibility index (Phi) is 5.12. The molecule has 0 saturated carbocycles. The Bertz CT molecular complexity index is 1100. The number of benzene rings is 2. The zero-order valence-corrected chi connectivity index (χ0v) is 16.3. The van der Waals surface area contributed by atoms with Crippen molar-refractivity contribution in [3.8, 4) is 22.8 Å². The lowest BCUT2D eigenvalue weighted by Crippen LogP contribution is -2.29. The predicted octanol–water partition coefficient (Wildman–Crippen LogP) is 3.08. The van der Waals surface area contributed by atoms with Crippen LogP contribution in [0.2, 0.25) is 0 Å². The van der Waals surface area contributed by atoms with Crippen LogP contribution in [-0.2, 0) is 11.3 Å². The van der Waals surface area contributed by atoms with Crippen LogP contribution >= 0.6 is 15.9 Å². The summed E-state index contributed by atoms with van der Waals surface area (Å²) in [5.74, 6) is 0.859. The fourth-order valence-electron chi connectivity index (χ4n) is 2.82. The predicted molar refractivity (Wildman–Crippen MR) is 108 cm³/mol. The van der Waals surface area contributed by atoms with Crippen LogP contribution in [0.1, 0.15) is 0 Å². The molecule has 0 atom stereocenters. The van der Waals surface area contributed by atoms with Crippen LogP contribution in [0.5, 0.6) is 11.5 Å². The Hall–Kier alpha value is -3.13. The number of nitrogens with one attached hydrogen (secondary N) is 1. The van der Waals surface area contributed by atoms with E-state index in [9.17, 15) is 9.59 Å². The molecule has 0 unspecified atom stereocenters. The lowest BCUT2D eigenvalue weighted by Gasteiger charge is -2.19. The van der Waals surface area contributed by atoms with E-state index in [-0.39, 0.29) is 18.0 Å². The molecule has 8 heteroatoms. The average molecular weight is 442 g/mol. The van der Waals surface area contributed by atoms with Crippen LogP contribution in [0, 0.1) is 0 Å². The van der Waals surface area contributed by atoms with E-state index in [0.29, 0.717) is 36.1 Å². The molecule has 7 nitrogen and oxygen atoms in total. The van der Waals surface area contributed by atoms with Gasteiger partial charge in [0.15, 0.2) is 11.5 Å². The normalized spacial score (nSPS) is 12.5. The molecule has 2 heterocycles. The van der Waals surface area contributed by atoms with Crippen LogP contribution in [0.15, 0.2) is 63.9 Å². The molecule has 0 aliphatic carbocycles. The first-order chi connectivity index (χ1) is 13.6. The highest BCUT2D eigenvalue weighted by atomic mass is 79.9. The Balaban J connectivity index is 1.51. The van der Waals surface area contributed by atoms with Crippen molar-refractivity contribution in [2.45, 2.75) is 6.54 Å². The molecule has 1 aromatic heterocycles. The molecule has 0 fully saturated rings. The van der Waals surface area contributed by atoms with E-state index < -0.39 is 0 Å². The summed E-state index contributed by atoms with van der Waals surface area (Å²) in [5, 5.41) is 7.07. The fourth-order valence-corrected chi connectivity index (χ4v) is 3.22. The number of ether oxygens (including phenoxy) is 2. The molecule has 0 spiro atoms. The standard InChI is InChI=1S/C20H16BrN3O4/c21-14-3-1-2-13(10-14)16-5-7-20(26)24(23-16)12-19(25)22-15-4-6-17-18(11-15)28-9-8-27-17/h1-7,10-11H,8-9,12H2,(H,22,25). The van der Waals surface area contributed by atoms with Crippen molar-refractivity contribution in [3.63, 3.8) is 0 Å². The molecule has 1 aliphatic heterocycles.